The van der Waals surface area contributed by atoms with Gasteiger partial charge in [0.15, 0.2) is 0 Å². The zero-order chi connectivity index (χ0) is 19.1. The summed E-state index contributed by atoms with van der Waals surface area (Å²) in [5.41, 5.74) is 4.95. The molecule has 4 aromatic rings. The second-order valence-electron chi connectivity index (χ2n) is 7.35. The molecule has 28 heavy (non-hydrogen) atoms. The van der Waals surface area contributed by atoms with Gasteiger partial charge in [0.25, 0.3) is 0 Å². The lowest BCUT2D eigenvalue weighted by atomic mass is 9.93. The second-order valence-corrected chi connectivity index (χ2v) is 7.35. The molecule has 4 heterocycles. The number of ether oxygens (including phenoxy) is 1. The molecule has 0 bridgehead atoms. The quantitative estimate of drug-likeness (QED) is 0.567. The second kappa shape index (κ2) is 6.84. The van der Waals surface area contributed by atoms with E-state index < -0.39 is 0 Å². The van der Waals surface area contributed by atoms with Gasteiger partial charge >= 0.3 is 0 Å². The first-order valence-electron chi connectivity index (χ1n) is 9.60. The number of aromatic amines is 1. The van der Waals surface area contributed by atoms with E-state index in [9.17, 15) is 0 Å². The molecule has 142 valence electrons. The molecule has 0 aliphatic carbocycles. The van der Waals surface area contributed by atoms with Gasteiger partial charge in [-0.15, -0.1) is 0 Å². The fourth-order valence-corrected chi connectivity index (χ4v) is 4.30. The van der Waals surface area contributed by atoms with Gasteiger partial charge in [0.1, 0.15) is 17.3 Å². The summed E-state index contributed by atoms with van der Waals surface area (Å²) in [5.74, 6) is 2.83. The van der Waals surface area contributed by atoms with Crippen molar-refractivity contribution in [1.29, 1.82) is 0 Å². The number of aromatic nitrogens is 2. The lowest BCUT2D eigenvalue weighted by Crippen LogP contribution is -2.35. The number of benzene rings is 1. The highest BCUT2D eigenvalue weighted by Crippen LogP contribution is 2.39. The number of hydrogen-bond donors (Lipinski definition) is 1. The molecule has 3 aromatic heterocycles. The van der Waals surface area contributed by atoms with Crippen LogP contribution in [0.25, 0.3) is 10.9 Å². The summed E-state index contributed by atoms with van der Waals surface area (Å²) in [4.78, 5) is 10.5. The van der Waals surface area contributed by atoms with Gasteiger partial charge in [0.2, 0.25) is 0 Å². The van der Waals surface area contributed by atoms with E-state index in [1.807, 2.05) is 37.5 Å². The van der Waals surface area contributed by atoms with Crippen LogP contribution in [0.2, 0.25) is 0 Å². The molecule has 1 aliphatic rings. The molecule has 5 nitrogen and oxygen atoms in total. The Morgan fingerprint density at radius 3 is 2.93 bits per heavy atom. The number of nitrogens with zero attached hydrogens (tertiary/aromatic N) is 2. The maximum Gasteiger partial charge on any atom is 0.119 e. The number of furan rings is 1. The molecule has 1 aromatic carbocycles. The molecule has 5 heteroatoms. The van der Waals surface area contributed by atoms with Gasteiger partial charge in [-0.05, 0) is 60.9 Å². The van der Waals surface area contributed by atoms with Gasteiger partial charge in [-0.2, -0.15) is 0 Å². The van der Waals surface area contributed by atoms with Crippen LogP contribution >= 0.6 is 0 Å². The maximum atomic E-state index is 5.86. The first-order valence-corrected chi connectivity index (χ1v) is 9.60. The number of aryl methyl sites for hydroxylation is 1. The van der Waals surface area contributed by atoms with Crippen molar-refractivity contribution >= 4 is 10.9 Å². The third-order valence-corrected chi connectivity index (χ3v) is 5.59. The predicted molar refractivity (Wildman–Crippen MR) is 108 cm³/mol. The zero-order valence-corrected chi connectivity index (χ0v) is 16.1. The summed E-state index contributed by atoms with van der Waals surface area (Å²) >= 11 is 0. The number of H-pyrrole nitrogens is 1. The van der Waals surface area contributed by atoms with E-state index in [0.29, 0.717) is 0 Å². The highest BCUT2D eigenvalue weighted by molar-refractivity contribution is 5.86. The molecule has 0 spiro atoms. The van der Waals surface area contributed by atoms with E-state index in [-0.39, 0.29) is 6.04 Å². The van der Waals surface area contributed by atoms with E-state index in [0.717, 1.165) is 42.3 Å². The Morgan fingerprint density at radius 2 is 2.18 bits per heavy atom. The van der Waals surface area contributed by atoms with E-state index in [1.54, 1.807) is 7.11 Å². The Hall–Kier alpha value is -3.05. The zero-order valence-electron chi connectivity index (χ0n) is 16.1. The lowest BCUT2D eigenvalue weighted by Gasteiger charge is -2.35. The van der Waals surface area contributed by atoms with Crippen molar-refractivity contribution in [2.45, 2.75) is 25.9 Å². The van der Waals surface area contributed by atoms with Crippen molar-refractivity contribution in [3.8, 4) is 5.75 Å². The number of hydrogen-bond acceptors (Lipinski definition) is 4. The van der Waals surface area contributed by atoms with Crippen molar-refractivity contribution < 1.29 is 9.15 Å². The average molecular weight is 373 g/mol. The summed E-state index contributed by atoms with van der Waals surface area (Å²) in [6.07, 6.45) is 4.77. The minimum absolute atomic E-state index is 0.112. The minimum Gasteiger partial charge on any atom is -0.497 e. The molecule has 0 fully saturated rings. The molecule has 0 saturated carbocycles. The van der Waals surface area contributed by atoms with Crippen LogP contribution in [0.4, 0.5) is 0 Å². The van der Waals surface area contributed by atoms with Crippen LogP contribution in [-0.2, 0) is 13.0 Å². The molecule has 0 unspecified atom stereocenters. The van der Waals surface area contributed by atoms with Crippen LogP contribution in [0, 0.1) is 6.92 Å². The number of rotatable bonds is 4. The van der Waals surface area contributed by atoms with Crippen molar-refractivity contribution in [3.63, 3.8) is 0 Å². The molecule has 0 amide bonds. The van der Waals surface area contributed by atoms with Crippen LogP contribution < -0.4 is 4.74 Å². The first kappa shape index (κ1) is 17.1. The largest absolute Gasteiger partial charge is 0.497 e. The van der Waals surface area contributed by atoms with Crippen LogP contribution in [0.3, 0.4) is 0 Å². The molecular formula is C23H23N3O2. The smallest absolute Gasteiger partial charge is 0.119 e. The summed E-state index contributed by atoms with van der Waals surface area (Å²) in [7, 11) is 1.71. The SMILES string of the molecule is COc1ccc2[nH]c3c(c2c1)CCN(Cc1ccc(C)o1)[C@@H]3c1cccnc1. The minimum atomic E-state index is 0.112. The Labute approximate surface area is 164 Å². The number of nitrogens with one attached hydrogen (secondary N) is 1. The highest BCUT2D eigenvalue weighted by Gasteiger charge is 2.32. The lowest BCUT2D eigenvalue weighted by molar-refractivity contribution is 0.185. The Balaban J connectivity index is 1.62. The molecule has 0 saturated heterocycles. The third kappa shape index (κ3) is 2.88. The van der Waals surface area contributed by atoms with Gasteiger partial charge in [0, 0.05) is 35.5 Å². The fraction of sp³-hybridized carbons (Fsp3) is 0.261. The molecule has 1 N–H and O–H groups in total. The average Bonchev–Trinajstić information content (AvgIpc) is 3.30. The van der Waals surface area contributed by atoms with E-state index in [1.165, 1.54) is 22.2 Å². The summed E-state index contributed by atoms with van der Waals surface area (Å²) in [5, 5.41) is 1.25. The Bertz CT molecular complexity index is 1110. The molecular weight excluding hydrogens is 350 g/mol. The van der Waals surface area contributed by atoms with E-state index >= 15 is 0 Å². The topological polar surface area (TPSA) is 54.3 Å². The van der Waals surface area contributed by atoms with Gasteiger partial charge in [-0.25, -0.2) is 0 Å². The van der Waals surface area contributed by atoms with Crippen molar-refractivity contribution in [3.05, 3.63) is 83.2 Å². The third-order valence-electron chi connectivity index (χ3n) is 5.59. The van der Waals surface area contributed by atoms with Crippen molar-refractivity contribution in [2.24, 2.45) is 0 Å². The van der Waals surface area contributed by atoms with Crippen LogP contribution in [0.15, 0.2) is 59.3 Å². The van der Waals surface area contributed by atoms with Crippen LogP contribution in [-0.4, -0.2) is 28.5 Å². The normalized spacial score (nSPS) is 17.0. The van der Waals surface area contributed by atoms with Crippen molar-refractivity contribution in [2.75, 3.05) is 13.7 Å². The summed E-state index contributed by atoms with van der Waals surface area (Å²) in [6, 6.07) is 14.6. The number of pyridine rings is 1. The van der Waals surface area contributed by atoms with Crippen LogP contribution in [0.1, 0.15) is 34.4 Å². The highest BCUT2D eigenvalue weighted by atomic mass is 16.5. The van der Waals surface area contributed by atoms with Gasteiger partial charge in [0.05, 0.1) is 19.7 Å². The molecule has 1 atom stereocenters. The summed E-state index contributed by atoms with van der Waals surface area (Å²) < 4.78 is 11.3. The predicted octanol–water partition coefficient (Wildman–Crippen LogP) is 4.62. The molecule has 0 radical (unpaired) electrons. The number of methoxy groups -OCH3 is 1. The Kier molecular flexibility index (Phi) is 4.17. The molecule has 5 rings (SSSR count). The standard InChI is InChI=1S/C23H23N3O2/c1-15-5-6-18(28-15)14-26-11-9-19-20-12-17(27-2)7-8-21(20)25-22(19)23(26)16-4-3-10-24-13-16/h3-8,10,12-13,23,25H,9,11,14H2,1-2H3/t23-/m1/s1. The van der Waals surface area contributed by atoms with Crippen LogP contribution in [0.5, 0.6) is 5.75 Å². The fourth-order valence-electron chi connectivity index (χ4n) is 4.30. The van der Waals surface area contributed by atoms with Gasteiger partial charge in [-0.1, -0.05) is 6.07 Å². The van der Waals surface area contributed by atoms with E-state index in [4.69, 9.17) is 9.15 Å². The van der Waals surface area contributed by atoms with Gasteiger partial charge < -0.3 is 14.1 Å². The van der Waals surface area contributed by atoms with E-state index in [2.05, 4.69) is 39.1 Å². The van der Waals surface area contributed by atoms with Crippen molar-refractivity contribution in [1.82, 2.24) is 14.9 Å². The summed E-state index contributed by atoms with van der Waals surface area (Å²) in [6.45, 7) is 3.71. The monoisotopic (exact) mass is 373 g/mol. The Morgan fingerprint density at radius 1 is 1.25 bits per heavy atom. The number of fused-ring (bicyclic) bond motifs is 3. The first-order chi connectivity index (χ1) is 13.7. The maximum absolute atomic E-state index is 5.86. The van der Waals surface area contributed by atoms with Gasteiger partial charge in [-0.3, -0.25) is 9.88 Å². The molecule has 1 aliphatic heterocycles.